The second-order valence-electron chi connectivity index (χ2n) is 5.88. The van der Waals surface area contributed by atoms with Gasteiger partial charge < -0.3 is 14.2 Å². The number of allylic oxidation sites excluding steroid dienone is 1. The Bertz CT molecular complexity index is 724. The van der Waals surface area contributed by atoms with Crippen molar-refractivity contribution in [2.45, 2.75) is 32.9 Å². The van der Waals surface area contributed by atoms with E-state index in [1.54, 1.807) is 6.92 Å². The van der Waals surface area contributed by atoms with E-state index in [1.165, 1.54) is 33.4 Å². The lowest BCUT2D eigenvalue weighted by molar-refractivity contribution is -0.159. The minimum absolute atomic E-state index is 0.0558. The fourth-order valence-electron chi connectivity index (χ4n) is 2.45. The van der Waals surface area contributed by atoms with Crippen molar-refractivity contribution in [2.75, 3.05) is 13.2 Å². The molecule has 2 aliphatic rings. The van der Waals surface area contributed by atoms with E-state index in [1.807, 2.05) is 0 Å². The third-order valence-electron chi connectivity index (χ3n) is 3.63. The molecule has 0 bridgehead atoms. The predicted molar refractivity (Wildman–Crippen MR) is 115 cm³/mol. The quantitative estimate of drug-likeness (QED) is 0.193. The van der Waals surface area contributed by atoms with Crippen molar-refractivity contribution < 1.29 is 28.6 Å². The largest absolute Gasteiger partial charge is 0.508 e. The lowest BCUT2D eigenvalue weighted by Crippen LogP contribution is -2.64. The number of β-lactam (4-membered cyclic amide) rings is 1. The Kier molecular flexibility index (Phi) is 8.75. The summed E-state index contributed by atoms with van der Waals surface area (Å²) in [6.45, 7) is 2.20. The first-order valence-corrected chi connectivity index (χ1v) is 12.2. The molecule has 0 saturated carbocycles. The van der Waals surface area contributed by atoms with E-state index in [4.69, 9.17) is 83.8 Å². The van der Waals surface area contributed by atoms with Gasteiger partial charge in [-0.2, -0.15) is 0 Å². The minimum Gasteiger partial charge on any atom is -0.456 e. The van der Waals surface area contributed by atoms with Crippen LogP contribution in [0.1, 0.15) is 13.8 Å². The van der Waals surface area contributed by atoms with Crippen LogP contribution in [0, 0.1) is 5.92 Å². The lowest BCUT2D eigenvalue weighted by Gasteiger charge is -2.50. The van der Waals surface area contributed by atoms with E-state index in [9.17, 15) is 14.4 Å². The Labute approximate surface area is 204 Å². The maximum absolute atomic E-state index is 12.7. The van der Waals surface area contributed by atoms with Gasteiger partial charge in [0.25, 0.3) is 0 Å². The van der Waals surface area contributed by atoms with Crippen LogP contribution < -0.4 is 0 Å². The molecule has 7 nitrogen and oxygen atoms in total. The standard InChI is InChI=1S/C14H13Cl6NO6S2/c1-5(27-12(24)26-4-14(18,19)20)7-9(22)21-8(6(2)28-29-10(7)21)11(23)25-3-13(15,16)17/h5,7,10H,3-4H2,1-2H3/t5-,7+,10-/m1/s1. The summed E-state index contributed by atoms with van der Waals surface area (Å²) in [6.07, 6.45) is -1.94. The van der Waals surface area contributed by atoms with Crippen LogP contribution in [-0.2, 0) is 23.8 Å². The number of esters is 1. The van der Waals surface area contributed by atoms with Crippen LogP contribution in [0.3, 0.4) is 0 Å². The summed E-state index contributed by atoms with van der Waals surface area (Å²) < 4.78 is 11.2. The SMILES string of the molecule is CC1=C(C(=O)OCC(Cl)(Cl)Cl)N2C(=O)[C@H]([C@@H](C)OC(=O)OCC(Cl)(Cl)Cl)[C@H]2SS1. The predicted octanol–water partition coefficient (Wildman–Crippen LogP) is 5.22. The molecule has 0 aromatic rings. The molecule has 0 radical (unpaired) electrons. The van der Waals surface area contributed by atoms with Crippen LogP contribution in [-0.4, -0.2) is 55.2 Å². The summed E-state index contributed by atoms with van der Waals surface area (Å²) >= 11 is 33.3. The molecule has 29 heavy (non-hydrogen) atoms. The van der Waals surface area contributed by atoms with Crippen molar-refractivity contribution in [2.24, 2.45) is 5.92 Å². The van der Waals surface area contributed by atoms with E-state index < -0.39 is 56.2 Å². The molecule has 0 N–H and O–H groups in total. The smallest absolute Gasteiger partial charge is 0.456 e. The Hall–Kier alpha value is 0.390. The maximum atomic E-state index is 12.7. The molecule has 0 spiro atoms. The van der Waals surface area contributed by atoms with Crippen molar-refractivity contribution in [3.05, 3.63) is 10.6 Å². The van der Waals surface area contributed by atoms with E-state index in [-0.39, 0.29) is 5.70 Å². The van der Waals surface area contributed by atoms with Gasteiger partial charge in [0, 0.05) is 4.91 Å². The maximum Gasteiger partial charge on any atom is 0.508 e. The average molecular weight is 568 g/mol. The van der Waals surface area contributed by atoms with Crippen molar-refractivity contribution >= 4 is 109 Å². The van der Waals surface area contributed by atoms with Gasteiger partial charge in [-0.3, -0.25) is 9.69 Å². The molecule has 2 aliphatic heterocycles. The van der Waals surface area contributed by atoms with Crippen molar-refractivity contribution in [1.82, 2.24) is 4.90 Å². The molecule has 164 valence electrons. The topological polar surface area (TPSA) is 82.1 Å². The highest BCUT2D eigenvalue weighted by Crippen LogP contribution is 2.53. The van der Waals surface area contributed by atoms with E-state index in [2.05, 4.69) is 0 Å². The minimum atomic E-state index is -1.79. The highest BCUT2D eigenvalue weighted by Gasteiger charge is 2.57. The van der Waals surface area contributed by atoms with Crippen molar-refractivity contribution in [3.63, 3.8) is 0 Å². The lowest BCUT2D eigenvalue weighted by atomic mass is 9.91. The molecule has 0 unspecified atom stereocenters. The summed E-state index contributed by atoms with van der Waals surface area (Å²) in [6, 6.07) is 0. The third kappa shape index (κ3) is 6.94. The first-order chi connectivity index (χ1) is 13.2. The molecule has 0 aromatic carbocycles. The number of hydrogen-bond acceptors (Lipinski definition) is 8. The van der Waals surface area contributed by atoms with Gasteiger partial charge in [0.1, 0.15) is 36.3 Å². The Morgan fingerprint density at radius 3 is 2.21 bits per heavy atom. The van der Waals surface area contributed by atoms with E-state index in [0.717, 1.165) is 0 Å². The number of carbonyl (C=O) groups is 3. The van der Waals surface area contributed by atoms with Crippen LogP contribution in [0.15, 0.2) is 10.6 Å². The number of fused-ring (bicyclic) bond motifs is 1. The van der Waals surface area contributed by atoms with Crippen LogP contribution in [0.25, 0.3) is 0 Å². The fourth-order valence-corrected chi connectivity index (χ4v) is 5.61. The van der Waals surface area contributed by atoms with Crippen molar-refractivity contribution in [3.8, 4) is 0 Å². The second kappa shape index (κ2) is 9.90. The Morgan fingerprint density at radius 1 is 1.10 bits per heavy atom. The molecule has 3 atom stereocenters. The highest BCUT2D eigenvalue weighted by atomic mass is 35.6. The van der Waals surface area contributed by atoms with Crippen LogP contribution in [0.4, 0.5) is 4.79 Å². The van der Waals surface area contributed by atoms with Crippen LogP contribution in [0.2, 0.25) is 0 Å². The van der Waals surface area contributed by atoms with Gasteiger partial charge in [-0.25, -0.2) is 9.59 Å². The Morgan fingerprint density at radius 2 is 1.66 bits per heavy atom. The summed E-state index contributed by atoms with van der Waals surface area (Å²) in [5.74, 6) is -1.93. The molecule has 15 heteroatoms. The molecule has 2 rings (SSSR count). The number of carbonyl (C=O) groups excluding carboxylic acids is 3. The van der Waals surface area contributed by atoms with Gasteiger partial charge in [0.05, 0.1) is 0 Å². The number of rotatable bonds is 5. The zero-order valence-electron chi connectivity index (χ0n) is 14.6. The summed E-state index contributed by atoms with van der Waals surface area (Å²) in [5, 5.41) is -0.470. The average Bonchev–Trinajstić information content (AvgIpc) is 2.57. The molecular formula is C14H13Cl6NO6S2. The number of amides is 1. The van der Waals surface area contributed by atoms with Gasteiger partial charge in [0.15, 0.2) is 0 Å². The Balaban J connectivity index is 2.01. The number of nitrogens with zero attached hydrogens (tertiary/aromatic N) is 1. The first-order valence-electron chi connectivity index (χ1n) is 7.72. The zero-order chi connectivity index (χ0) is 22.1. The van der Waals surface area contributed by atoms with E-state index in [0.29, 0.717) is 4.91 Å². The fraction of sp³-hybridized carbons (Fsp3) is 0.643. The third-order valence-corrected chi connectivity index (χ3v) is 7.16. The molecule has 2 heterocycles. The molecule has 0 aromatic heterocycles. The number of halogens is 6. The normalized spacial score (nSPS) is 23.2. The summed E-state index contributed by atoms with van der Waals surface area (Å²) in [7, 11) is 2.62. The van der Waals surface area contributed by atoms with Gasteiger partial charge in [-0.05, 0) is 13.8 Å². The summed E-state index contributed by atoms with van der Waals surface area (Å²) in [5.41, 5.74) is 0.0558. The zero-order valence-corrected chi connectivity index (χ0v) is 20.8. The number of hydrogen-bond donors (Lipinski definition) is 0. The monoisotopic (exact) mass is 565 g/mol. The summed E-state index contributed by atoms with van der Waals surface area (Å²) in [4.78, 5) is 38.7. The van der Waals surface area contributed by atoms with Gasteiger partial charge in [-0.15, -0.1) is 0 Å². The molecule has 1 saturated heterocycles. The molecular weight excluding hydrogens is 555 g/mol. The number of alkyl halides is 6. The molecule has 0 aliphatic carbocycles. The van der Waals surface area contributed by atoms with Gasteiger partial charge in [-0.1, -0.05) is 91.2 Å². The van der Waals surface area contributed by atoms with Gasteiger partial charge in [0.2, 0.25) is 13.5 Å². The molecule has 1 fully saturated rings. The van der Waals surface area contributed by atoms with Crippen molar-refractivity contribution in [1.29, 1.82) is 0 Å². The first kappa shape index (κ1) is 25.6. The van der Waals surface area contributed by atoms with Crippen LogP contribution >= 0.6 is 91.2 Å². The van der Waals surface area contributed by atoms with E-state index >= 15 is 0 Å². The molecule has 1 amide bonds. The van der Waals surface area contributed by atoms with Crippen LogP contribution in [0.5, 0.6) is 0 Å². The second-order valence-corrected chi connectivity index (χ2v) is 13.4. The highest BCUT2D eigenvalue weighted by molar-refractivity contribution is 8.78. The number of ether oxygens (including phenoxy) is 3. The van der Waals surface area contributed by atoms with Gasteiger partial charge >= 0.3 is 12.1 Å².